The number of pyridine rings is 1. The van der Waals surface area contributed by atoms with Gasteiger partial charge in [-0.2, -0.15) is 5.10 Å². The molecule has 3 aromatic heterocycles. The van der Waals surface area contributed by atoms with Crippen LogP contribution in [-0.4, -0.2) is 43.4 Å². The molecule has 0 spiro atoms. The molecule has 164 valence electrons. The van der Waals surface area contributed by atoms with E-state index in [-0.39, 0.29) is 23.0 Å². The number of fused-ring (bicyclic) bond motifs is 3. The first-order valence-electron chi connectivity index (χ1n) is 11.0. The normalized spacial score (nSPS) is 24.9. The fraction of sp³-hybridized carbons (Fsp3) is 0.522. The third-order valence-electron chi connectivity index (χ3n) is 6.45. The molecule has 1 aliphatic heterocycles. The second-order valence-electron chi connectivity index (χ2n) is 9.32. The first kappa shape index (κ1) is 20.1. The van der Waals surface area contributed by atoms with Crippen molar-refractivity contribution in [2.75, 3.05) is 11.9 Å². The number of imidazole rings is 1. The zero-order valence-electron chi connectivity index (χ0n) is 18.5. The molecule has 0 radical (unpaired) electrons. The lowest BCUT2D eigenvalue weighted by Gasteiger charge is -2.24. The Kier molecular flexibility index (Phi) is 4.58. The van der Waals surface area contributed by atoms with E-state index < -0.39 is 0 Å². The minimum absolute atomic E-state index is 0.0325. The molecule has 1 aliphatic carbocycles. The zero-order chi connectivity index (χ0) is 21.8. The molecule has 1 saturated heterocycles. The van der Waals surface area contributed by atoms with Crippen molar-refractivity contribution in [1.29, 1.82) is 0 Å². The Morgan fingerprint density at radius 3 is 2.81 bits per heavy atom. The summed E-state index contributed by atoms with van der Waals surface area (Å²) in [6.45, 7) is 9.52. The largest absolute Gasteiger partial charge is 0.490 e. The number of hydrogen-bond acceptors (Lipinski definition) is 5. The first-order valence-corrected chi connectivity index (χ1v) is 11.0. The summed E-state index contributed by atoms with van der Waals surface area (Å²) >= 11 is 0. The molecule has 1 N–H and O–H groups in total. The Morgan fingerprint density at radius 2 is 2.19 bits per heavy atom. The molecule has 2 unspecified atom stereocenters. The molecular formula is C23H29N5O3. The molecule has 0 aromatic carbocycles. The van der Waals surface area contributed by atoms with Crippen molar-refractivity contribution in [2.45, 2.75) is 70.6 Å². The van der Waals surface area contributed by atoms with Crippen molar-refractivity contribution in [2.24, 2.45) is 0 Å². The van der Waals surface area contributed by atoms with Gasteiger partial charge in [0.1, 0.15) is 11.4 Å². The van der Waals surface area contributed by atoms with Crippen molar-refractivity contribution in [3.63, 3.8) is 0 Å². The molecule has 2 aliphatic rings. The lowest BCUT2D eigenvalue weighted by atomic mass is 9.84. The van der Waals surface area contributed by atoms with E-state index in [0.717, 1.165) is 37.1 Å². The average Bonchev–Trinajstić information content (AvgIpc) is 3.48. The number of carbonyl (C=O) groups is 1. The standard InChI is InChI=1S/C23H29N5O3/c1-5-28-9-6-19(26-28)25-21(29)16-11-27-12-18(23-8-7-22(4,13-23)30-14-23)24-20(27)10-17(16)31-15(2)3/h6,9-12,15H,5,7-8,13-14H2,1-4H3,(H,25,26,29). The van der Waals surface area contributed by atoms with Crippen LogP contribution in [0, 0.1) is 0 Å². The third-order valence-corrected chi connectivity index (χ3v) is 6.45. The number of nitrogens with zero attached hydrogens (tertiary/aromatic N) is 4. The predicted octanol–water partition coefficient (Wildman–Crippen LogP) is 3.80. The number of rotatable bonds is 6. The zero-order valence-corrected chi connectivity index (χ0v) is 18.5. The number of aromatic nitrogens is 4. The van der Waals surface area contributed by atoms with E-state index in [0.29, 0.717) is 23.7 Å². The lowest BCUT2D eigenvalue weighted by molar-refractivity contribution is -0.00627. The molecule has 8 heteroatoms. The maximum absolute atomic E-state index is 13.1. The highest BCUT2D eigenvalue weighted by Gasteiger charge is 2.55. The van der Waals surface area contributed by atoms with Gasteiger partial charge in [0.15, 0.2) is 5.82 Å². The van der Waals surface area contributed by atoms with Gasteiger partial charge in [-0.3, -0.25) is 9.48 Å². The number of anilines is 1. The molecule has 1 amide bonds. The van der Waals surface area contributed by atoms with Crippen LogP contribution in [0.25, 0.3) is 5.65 Å². The van der Waals surface area contributed by atoms with Crippen LogP contribution in [-0.2, 0) is 16.7 Å². The number of aryl methyl sites for hydroxylation is 1. The predicted molar refractivity (Wildman–Crippen MR) is 117 cm³/mol. The number of ether oxygens (including phenoxy) is 2. The summed E-state index contributed by atoms with van der Waals surface area (Å²) in [5, 5.41) is 7.22. The summed E-state index contributed by atoms with van der Waals surface area (Å²) in [4.78, 5) is 18.0. The highest BCUT2D eigenvalue weighted by Crippen LogP contribution is 2.53. The smallest absolute Gasteiger partial charge is 0.262 e. The minimum Gasteiger partial charge on any atom is -0.490 e. The van der Waals surface area contributed by atoms with E-state index in [4.69, 9.17) is 14.5 Å². The second kappa shape index (κ2) is 7.09. The highest BCUT2D eigenvalue weighted by atomic mass is 16.5. The lowest BCUT2D eigenvalue weighted by Crippen LogP contribution is -2.26. The van der Waals surface area contributed by atoms with Crippen LogP contribution in [0.15, 0.2) is 30.7 Å². The van der Waals surface area contributed by atoms with Crippen molar-refractivity contribution in [3.05, 3.63) is 42.0 Å². The van der Waals surface area contributed by atoms with Crippen LogP contribution in [0.1, 0.15) is 63.0 Å². The van der Waals surface area contributed by atoms with Crippen molar-refractivity contribution in [1.82, 2.24) is 19.2 Å². The number of nitrogens with one attached hydrogen (secondary N) is 1. The Labute approximate surface area is 181 Å². The fourth-order valence-corrected chi connectivity index (χ4v) is 4.83. The van der Waals surface area contributed by atoms with Crippen LogP contribution in [0.3, 0.4) is 0 Å². The Bertz CT molecular complexity index is 1140. The maximum Gasteiger partial charge on any atom is 0.262 e. The van der Waals surface area contributed by atoms with Gasteiger partial charge in [0.05, 0.1) is 29.6 Å². The van der Waals surface area contributed by atoms with Gasteiger partial charge in [0, 0.05) is 42.7 Å². The quantitative estimate of drug-likeness (QED) is 0.652. The van der Waals surface area contributed by atoms with E-state index in [1.165, 1.54) is 0 Å². The van der Waals surface area contributed by atoms with Crippen molar-refractivity contribution >= 4 is 17.4 Å². The van der Waals surface area contributed by atoms with E-state index in [1.54, 1.807) is 16.9 Å². The van der Waals surface area contributed by atoms with E-state index in [2.05, 4.69) is 17.3 Å². The number of carbonyl (C=O) groups excluding carboxylic acids is 1. The van der Waals surface area contributed by atoms with Crippen LogP contribution in [0.4, 0.5) is 5.82 Å². The molecule has 2 bridgehead atoms. The minimum atomic E-state index is -0.259. The van der Waals surface area contributed by atoms with Crippen molar-refractivity contribution < 1.29 is 14.3 Å². The Balaban J connectivity index is 1.51. The molecule has 2 atom stereocenters. The topological polar surface area (TPSA) is 82.7 Å². The SMILES string of the molecule is CCn1ccc(NC(=O)c2cn3cc(C45CCC(C)(C4)OC5)nc3cc2OC(C)C)n1. The molecule has 8 nitrogen and oxygen atoms in total. The molecule has 5 rings (SSSR count). The number of amides is 1. The summed E-state index contributed by atoms with van der Waals surface area (Å²) in [6, 6.07) is 3.64. The van der Waals surface area contributed by atoms with Crippen LogP contribution in [0.2, 0.25) is 0 Å². The van der Waals surface area contributed by atoms with Gasteiger partial charge >= 0.3 is 0 Å². The van der Waals surface area contributed by atoms with Crippen LogP contribution >= 0.6 is 0 Å². The second-order valence-corrected chi connectivity index (χ2v) is 9.32. The van der Waals surface area contributed by atoms with Crippen molar-refractivity contribution in [3.8, 4) is 5.75 Å². The summed E-state index contributed by atoms with van der Waals surface area (Å²) in [6.07, 6.45) is 8.74. The number of hydrogen-bond donors (Lipinski definition) is 1. The van der Waals surface area contributed by atoms with Gasteiger partial charge in [0.25, 0.3) is 5.91 Å². The molecule has 4 heterocycles. The Hall–Kier alpha value is -2.87. The van der Waals surface area contributed by atoms with Gasteiger partial charge in [-0.15, -0.1) is 0 Å². The summed E-state index contributed by atoms with van der Waals surface area (Å²) in [5.41, 5.74) is 2.19. The van der Waals surface area contributed by atoms with Gasteiger partial charge in [0.2, 0.25) is 0 Å². The maximum atomic E-state index is 13.1. The fourth-order valence-electron chi connectivity index (χ4n) is 4.83. The summed E-state index contributed by atoms with van der Waals surface area (Å²) < 4.78 is 15.7. The van der Waals surface area contributed by atoms with E-state index in [9.17, 15) is 4.79 Å². The molecule has 2 fully saturated rings. The van der Waals surface area contributed by atoms with Crippen LogP contribution in [0.5, 0.6) is 5.75 Å². The van der Waals surface area contributed by atoms with E-state index >= 15 is 0 Å². The van der Waals surface area contributed by atoms with Gasteiger partial charge in [-0.05, 0) is 47.0 Å². The van der Waals surface area contributed by atoms with Gasteiger partial charge in [-0.1, -0.05) is 0 Å². The summed E-state index contributed by atoms with van der Waals surface area (Å²) in [7, 11) is 0. The van der Waals surface area contributed by atoms with Gasteiger partial charge < -0.3 is 19.2 Å². The van der Waals surface area contributed by atoms with Gasteiger partial charge in [-0.25, -0.2) is 4.98 Å². The molecule has 31 heavy (non-hydrogen) atoms. The van der Waals surface area contributed by atoms with E-state index in [1.807, 2.05) is 43.6 Å². The van der Waals surface area contributed by atoms with Crippen LogP contribution < -0.4 is 10.1 Å². The first-order chi connectivity index (χ1) is 14.8. The average molecular weight is 424 g/mol. The monoisotopic (exact) mass is 423 g/mol. The Morgan fingerprint density at radius 1 is 1.35 bits per heavy atom. The molecule has 3 aromatic rings. The molecule has 1 saturated carbocycles. The highest BCUT2D eigenvalue weighted by molar-refractivity contribution is 6.05. The molecular weight excluding hydrogens is 394 g/mol. The third kappa shape index (κ3) is 3.48. The summed E-state index contributed by atoms with van der Waals surface area (Å²) in [5.74, 6) is 0.773.